The Morgan fingerprint density at radius 2 is 1.29 bits per heavy atom. The van der Waals surface area contributed by atoms with E-state index in [2.05, 4.69) is 10.2 Å². The molecule has 0 unspecified atom stereocenters. The van der Waals surface area contributed by atoms with E-state index in [1.165, 1.54) is 0 Å². The Labute approximate surface area is 186 Å². The fourth-order valence-electron chi connectivity index (χ4n) is 3.77. The molecule has 0 bridgehead atoms. The summed E-state index contributed by atoms with van der Waals surface area (Å²) in [5.41, 5.74) is 0. The number of hydrogen-bond acceptors (Lipinski definition) is 8. The van der Waals surface area contributed by atoms with Crippen molar-refractivity contribution in [1.29, 1.82) is 0 Å². The molecular weight excluding hydrogens is 421 g/mol. The second kappa shape index (κ2) is 9.59. The minimum atomic E-state index is -4.75. The van der Waals surface area contributed by atoms with Crippen LogP contribution in [0.2, 0.25) is 0 Å². The number of hydrogen-bond donors (Lipinski definition) is 2. The summed E-state index contributed by atoms with van der Waals surface area (Å²) in [6, 6.07) is -1.48. The molecule has 4 atom stereocenters. The monoisotopic (exact) mass is 461 g/mol. The van der Waals surface area contributed by atoms with Crippen molar-refractivity contribution < 1.29 is 28.0 Å². The topological polar surface area (TPSA) is 106 Å². The van der Waals surface area contributed by atoms with Gasteiger partial charge in [0.25, 0.3) is 0 Å². The zero-order valence-corrected chi connectivity index (χ0v) is 21.0. The Morgan fingerprint density at radius 3 is 1.61 bits per heavy atom. The van der Waals surface area contributed by atoms with E-state index in [0.717, 1.165) is 0 Å². The Hall–Kier alpha value is -1.44. The molecule has 2 aliphatic heterocycles. The minimum absolute atomic E-state index is 0.0988. The average Bonchev–Trinajstić information content (AvgIpc) is 3.12. The van der Waals surface area contributed by atoms with Crippen molar-refractivity contribution in [3.05, 3.63) is 0 Å². The molecular formula is C21H40N3O6P. The van der Waals surface area contributed by atoms with Gasteiger partial charge < -0.3 is 0 Å². The van der Waals surface area contributed by atoms with E-state index in [9.17, 15) is 14.4 Å². The first-order valence-electron chi connectivity index (χ1n) is 11.4. The maximum atomic E-state index is 13.3. The molecule has 1 spiro atoms. The normalized spacial score (nSPS) is 27.5. The molecule has 2 N–H and O–H groups in total. The Morgan fingerprint density at radius 1 is 0.903 bits per heavy atom. The van der Waals surface area contributed by atoms with Crippen LogP contribution < -0.4 is 10.2 Å². The predicted molar refractivity (Wildman–Crippen MR) is 120 cm³/mol. The first-order valence-corrected chi connectivity index (χ1v) is 13.4. The van der Waals surface area contributed by atoms with E-state index in [-0.39, 0.29) is 23.7 Å². The second-order valence-corrected chi connectivity index (χ2v) is 12.6. The van der Waals surface area contributed by atoms with Crippen LogP contribution >= 0.6 is 7.59 Å². The summed E-state index contributed by atoms with van der Waals surface area (Å²) in [4.78, 5) is 40.5. The third-order valence-electron chi connectivity index (χ3n) is 5.84. The quantitative estimate of drug-likeness (QED) is 0.497. The second-order valence-electron chi connectivity index (χ2n) is 9.74. The summed E-state index contributed by atoms with van der Waals surface area (Å²) in [7, 11) is -4.75. The molecule has 0 aromatic heterocycles. The molecule has 180 valence electrons. The Balaban J connectivity index is 2.43. The van der Waals surface area contributed by atoms with Crippen LogP contribution in [0.1, 0.15) is 68.2 Å². The number of amides is 1. The number of nitrogens with one attached hydrogen (secondary N) is 2. The summed E-state index contributed by atoms with van der Waals surface area (Å²) >= 11 is 0. The third-order valence-corrected chi connectivity index (χ3v) is 8.80. The standard InChI is InChI=1S/C21H40N3O6P/c1-9-15(7)17-19(25)28-31(22-17,23-18(16(8)10-2)20(26)29-31)30-21(27)24(11-13(3)4)12-14(5)6/h13-18,22-23H,9-12H2,1-8H3/t15-,16-,17-,18-/m0/s1. The first kappa shape index (κ1) is 25.8. The third kappa shape index (κ3) is 5.49. The summed E-state index contributed by atoms with van der Waals surface area (Å²) in [5.74, 6) is -0.941. The van der Waals surface area contributed by atoms with Gasteiger partial charge in [-0.25, -0.2) is 0 Å². The molecule has 2 aliphatic rings. The fraction of sp³-hybridized carbons (Fsp3) is 0.857. The van der Waals surface area contributed by atoms with Crippen LogP contribution in [0.4, 0.5) is 4.79 Å². The van der Waals surface area contributed by atoms with Crippen LogP contribution in [-0.4, -0.2) is 48.1 Å². The van der Waals surface area contributed by atoms with Crippen LogP contribution in [0, 0.1) is 23.7 Å². The summed E-state index contributed by atoms with van der Waals surface area (Å²) in [6.45, 7) is 16.6. The molecule has 2 rings (SSSR count). The van der Waals surface area contributed by atoms with Crippen LogP contribution in [0.3, 0.4) is 0 Å². The molecule has 0 saturated carbocycles. The van der Waals surface area contributed by atoms with Crippen LogP contribution in [-0.2, 0) is 23.2 Å². The summed E-state index contributed by atoms with van der Waals surface area (Å²) in [5, 5.41) is 6.09. The average molecular weight is 462 g/mol. The van der Waals surface area contributed by atoms with Gasteiger partial charge in [-0.1, -0.05) is 0 Å². The van der Waals surface area contributed by atoms with E-state index in [1.54, 1.807) is 4.90 Å². The first-order chi connectivity index (χ1) is 14.3. The van der Waals surface area contributed by atoms with Gasteiger partial charge in [0.05, 0.1) is 0 Å². The molecule has 2 saturated heterocycles. The SMILES string of the molecule is CC[C@H](C)[C@@H]1NP2(OC(=O)N(CC(C)C)CC(C)C)(N[C@@H]([C@@H](C)CC)C(=O)O2)OC1=O. The molecule has 2 heterocycles. The Bertz CT molecular complexity index is 653. The van der Waals surface area contributed by atoms with E-state index in [0.29, 0.717) is 25.9 Å². The van der Waals surface area contributed by atoms with Gasteiger partial charge in [-0.05, 0) is 0 Å². The molecule has 0 radical (unpaired) electrons. The summed E-state index contributed by atoms with van der Waals surface area (Å²) < 4.78 is 17.3. The van der Waals surface area contributed by atoms with Crippen LogP contribution in [0.5, 0.6) is 0 Å². The molecule has 2 fully saturated rings. The summed E-state index contributed by atoms with van der Waals surface area (Å²) in [6.07, 6.45) is 0.723. The van der Waals surface area contributed by atoms with E-state index >= 15 is 0 Å². The van der Waals surface area contributed by atoms with E-state index in [1.807, 2.05) is 55.4 Å². The van der Waals surface area contributed by atoms with Gasteiger partial charge in [0, 0.05) is 0 Å². The van der Waals surface area contributed by atoms with Gasteiger partial charge in [0.15, 0.2) is 0 Å². The predicted octanol–water partition coefficient (Wildman–Crippen LogP) is 3.99. The van der Waals surface area contributed by atoms with Crippen molar-refractivity contribution in [2.45, 2.75) is 80.3 Å². The van der Waals surface area contributed by atoms with E-state index < -0.39 is 37.7 Å². The van der Waals surface area contributed by atoms with Crippen molar-refractivity contribution in [3.8, 4) is 0 Å². The number of nitrogens with zero attached hydrogens (tertiary/aromatic N) is 1. The van der Waals surface area contributed by atoms with Gasteiger partial charge >= 0.3 is 186 Å². The number of carbonyl (C=O) groups excluding carboxylic acids is 3. The zero-order valence-electron chi connectivity index (χ0n) is 20.1. The molecule has 9 nitrogen and oxygen atoms in total. The molecule has 1 amide bonds. The Kier molecular flexibility index (Phi) is 7.99. The van der Waals surface area contributed by atoms with Crippen molar-refractivity contribution in [2.24, 2.45) is 23.7 Å². The van der Waals surface area contributed by atoms with Gasteiger partial charge in [0.1, 0.15) is 0 Å². The molecule has 31 heavy (non-hydrogen) atoms. The van der Waals surface area contributed by atoms with Crippen molar-refractivity contribution in [2.75, 3.05) is 13.1 Å². The zero-order chi connectivity index (χ0) is 23.6. The van der Waals surface area contributed by atoms with Crippen molar-refractivity contribution in [3.63, 3.8) is 0 Å². The molecule has 10 heteroatoms. The molecule has 0 aromatic carbocycles. The van der Waals surface area contributed by atoms with Crippen molar-refractivity contribution in [1.82, 2.24) is 15.1 Å². The number of carbonyl (C=O) groups is 3. The fourth-order valence-corrected chi connectivity index (χ4v) is 7.23. The van der Waals surface area contributed by atoms with E-state index in [4.69, 9.17) is 13.6 Å². The molecule has 0 aromatic rings. The van der Waals surface area contributed by atoms with Gasteiger partial charge in [0.2, 0.25) is 0 Å². The number of rotatable bonds is 9. The van der Waals surface area contributed by atoms with Crippen LogP contribution in [0.15, 0.2) is 0 Å². The van der Waals surface area contributed by atoms with Crippen molar-refractivity contribution >= 4 is 25.6 Å². The van der Waals surface area contributed by atoms with Gasteiger partial charge in [-0.15, -0.1) is 0 Å². The molecule has 0 aliphatic carbocycles. The van der Waals surface area contributed by atoms with Gasteiger partial charge in [-0.3, -0.25) is 0 Å². The maximum absolute atomic E-state index is 13.3. The van der Waals surface area contributed by atoms with Crippen LogP contribution in [0.25, 0.3) is 0 Å². The van der Waals surface area contributed by atoms with Gasteiger partial charge in [-0.2, -0.15) is 0 Å².